The number of halogens is 1. The zero-order valence-corrected chi connectivity index (χ0v) is 20.9. The van der Waals surface area contributed by atoms with Crippen molar-refractivity contribution in [1.82, 2.24) is 10.2 Å². The summed E-state index contributed by atoms with van der Waals surface area (Å²) >= 11 is 0. The van der Waals surface area contributed by atoms with Gasteiger partial charge in [0.1, 0.15) is 11.9 Å². The molecule has 0 spiro atoms. The number of nitrogens with zero attached hydrogens (tertiary/aromatic N) is 1. The molecule has 1 unspecified atom stereocenters. The lowest BCUT2D eigenvalue weighted by Gasteiger charge is -2.31. The maximum absolute atomic E-state index is 13.6. The number of aryl methyl sites for hydroxylation is 1. The smallest absolute Gasteiger partial charge is 0.243 e. The number of amides is 2. The molecule has 2 amide bonds. The molecule has 5 nitrogen and oxygen atoms in total. The quantitative estimate of drug-likeness (QED) is 0.326. The minimum atomic E-state index is -0.701. The highest BCUT2D eigenvalue weighted by molar-refractivity contribution is 5.88. The highest BCUT2D eigenvalue weighted by Crippen LogP contribution is 2.17. The predicted octanol–water partition coefficient (Wildman–Crippen LogP) is 4.94. The van der Waals surface area contributed by atoms with Gasteiger partial charge in [0, 0.05) is 39.1 Å². The van der Waals surface area contributed by atoms with Crippen molar-refractivity contribution in [2.24, 2.45) is 0 Å². The highest BCUT2D eigenvalue weighted by Gasteiger charge is 2.30. The molecule has 1 atom stereocenters. The Morgan fingerprint density at radius 1 is 0.889 bits per heavy atom. The molecule has 3 rings (SSSR count). The molecule has 36 heavy (non-hydrogen) atoms. The van der Waals surface area contributed by atoms with Gasteiger partial charge in [-0.15, -0.1) is 0 Å². The van der Waals surface area contributed by atoms with E-state index in [2.05, 4.69) is 5.32 Å². The van der Waals surface area contributed by atoms with Crippen molar-refractivity contribution in [1.29, 1.82) is 0 Å². The van der Waals surface area contributed by atoms with Crippen molar-refractivity contribution in [3.8, 4) is 0 Å². The number of rotatable bonds is 14. The van der Waals surface area contributed by atoms with Gasteiger partial charge in [-0.1, -0.05) is 72.8 Å². The Hall–Kier alpha value is -3.51. The van der Waals surface area contributed by atoms with E-state index in [0.29, 0.717) is 39.0 Å². The zero-order chi connectivity index (χ0) is 25.6. The first-order valence-electron chi connectivity index (χ1n) is 12.5. The van der Waals surface area contributed by atoms with Crippen LogP contribution in [-0.2, 0) is 33.7 Å². The third-order valence-electron chi connectivity index (χ3n) is 5.98. The van der Waals surface area contributed by atoms with Crippen molar-refractivity contribution in [2.45, 2.75) is 45.2 Å². The SMILES string of the molecule is CCOCCCNC(=O)C(Cc1ccccc1)N(Cc1ccc(F)cc1)C(=O)CCc1ccccc1. The van der Waals surface area contributed by atoms with Crippen LogP contribution >= 0.6 is 0 Å². The molecule has 0 bridgehead atoms. The molecule has 6 heteroatoms. The summed E-state index contributed by atoms with van der Waals surface area (Å²) < 4.78 is 18.9. The Balaban J connectivity index is 1.83. The van der Waals surface area contributed by atoms with E-state index < -0.39 is 6.04 Å². The van der Waals surface area contributed by atoms with Gasteiger partial charge in [-0.25, -0.2) is 4.39 Å². The van der Waals surface area contributed by atoms with Crippen LogP contribution in [0.25, 0.3) is 0 Å². The number of carbonyl (C=O) groups is 2. The van der Waals surface area contributed by atoms with Crippen LogP contribution in [0, 0.1) is 5.82 Å². The van der Waals surface area contributed by atoms with Gasteiger partial charge in [0.25, 0.3) is 0 Å². The minimum Gasteiger partial charge on any atom is -0.382 e. The standard InChI is InChI=1S/C30H35FN2O3/c1-2-36-21-9-20-32-30(35)28(22-25-12-7-4-8-13-25)33(23-26-14-17-27(31)18-15-26)29(34)19-16-24-10-5-3-6-11-24/h3-8,10-15,17-18,28H,2,9,16,19-23H2,1H3,(H,32,35). The number of carbonyl (C=O) groups excluding carboxylic acids is 2. The predicted molar refractivity (Wildman–Crippen MR) is 140 cm³/mol. The maximum Gasteiger partial charge on any atom is 0.243 e. The molecule has 3 aromatic carbocycles. The molecule has 0 aliphatic heterocycles. The van der Waals surface area contributed by atoms with E-state index in [9.17, 15) is 14.0 Å². The molecule has 1 N–H and O–H groups in total. The number of benzene rings is 3. The Kier molecular flexibility index (Phi) is 11.1. The molecule has 0 aliphatic rings. The van der Waals surface area contributed by atoms with E-state index in [-0.39, 0.29) is 30.6 Å². The van der Waals surface area contributed by atoms with E-state index in [0.717, 1.165) is 16.7 Å². The fourth-order valence-electron chi connectivity index (χ4n) is 4.03. The third-order valence-corrected chi connectivity index (χ3v) is 5.98. The number of hydrogen-bond acceptors (Lipinski definition) is 3. The van der Waals surface area contributed by atoms with Gasteiger partial charge in [0.05, 0.1) is 0 Å². The first-order valence-corrected chi connectivity index (χ1v) is 12.5. The molecule has 0 fully saturated rings. The topological polar surface area (TPSA) is 58.6 Å². The molecule has 0 radical (unpaired) electrons. The van der Waals surface area contributed by atoms with Crippen LogP contribution in [-0.4, -0.2) is 42.5 Å². The first kappa shape index (κ1) is 27.1. The van der Waals surface area contributed by atoms with E-state index in [4.69, 9.17) is 4.74 Å². The van der Waals surface area contributed by atoms with Crippen molar-refractivity contribution < 1.29 is 18.7 Å². The second kappa shape index (κ2) is 14.8. The normalized spacial score (nSPS) is 11.6. The lowest BCUT2D eigenvalue weighted by molar-refractivity contribution is -0.141. The maximum atomic E-state index is 13.6. The summed E-state index contributed by atoms with van der Waals surface area (Å²) in [6.45, 7) is 3.81. The molecular formula is C30H35FN2O3. The van der Waals surface area contributed by atoms with Crippen LogP contribution in [0.1, 0.15) is 36.5 Å². The Morgan fingerprint density at radius 3 is 2.17 bits per heavy atom. The summed E-state index contributed by atoms with van der Waals surface area (Å²) in [5, 5.41) is 2.99. The van der Waals surface area contributed by atoms with Crippen LogP contribution in [0.3, 0.4) is 0 Å². The fourth-order valence-corrected chi connectivity index (χ4v) is 4.03. The molecule has 0 aromatic heterocycles. The largest absolute Gasteiger partial charge is 0.382 e. The van der Waals surface area contributed by atoms with Crippen molar-refractivity contribution in [2.75, 3.05) is 19.8 Å². The van der Waals surface area contributed by atoms with Crippen LogP contribution in [0.5, 0.6) is 0 Å². The van der Waals surface area contributed by atoms with Crippen LogP contribution < -0.4 is 5.32 Å². The van der Waals surface area contributed by atoms with Crippen molar-refractivity contribution in [3.63, 3.8) is 0 Å². The summed E-state index contributed by atoms with van der Waals surface area (Å²) in [6, 6.07) is 24.9. The monoisotopic (exact) mass is 490 g/mol. The third kappa shape index (κ3) is 8.93. The summed E-state index contributed by atoms with van der Waals surface area (Å²) in [4.78, 5) is 28.7. The molecule has 0 saturated carbocycles. The highest BCUT2D eigenvalue weighted by atomic mass is 19.1. The Morgan fingerprint density at radius 2 is 1.53 bits per heavy atom. The van der Waals surface area contributed by atoms with Crippen LogP contribution in [0.2, 0.25) is 0 Å². The van der Waals surface area contributed by atoms with E-state index >= 15 is 0 Å². The van der Waals surface area contributed by atoms with Gasteiger partial charge in [-0.2, -0.15) is 0 Å². The van der Waals surface area contributed by atoms with Crippen LogP contribution in [0.4, 0.5) is 4.39 Å². The van der Waals surface area contributed by atoms with Gasteiger partial charge >= 0.3 is 0 Å². The average Bonchev–Trinajstić information content (AvgIpc) is 2.91. The van der Waals surface area contributed by atoms with E-state index in [1.165, 1.54) is 12.1 Å². The second-order valence-corrected chi connectivity index (χ2v) is 8.68. The average molecular weight is 491 g/mol. The van der Waals surface area contributed by atoms with Gasteiger partial charge in [0.15, 0.2) is 0 Å². The molecular weight excluding hydrogens is 455 g/mol. The lowest BCUT2D eigenvalue weighted by Crippen LogP contribution is -2.50. The molecule has 0 aliphatic carbocycles. The first-order chi connectivity index (χ1) is 17.6. The Labute approximate surface area is 213 Å². The fraction of sp³-hybridized carbons (Fsp3) is 0.333. The zero-order valence-electron chi connectivity index (χ0n) is 20.9. The molecule has 0 saturated heterocycles. The lowest BCUT2D eigenvalue weighted by atomic mass is 10.0. The number of ether oxygens (including phenoxy) is 1. The number of nitrogens with one attached hydrogen (secondary N) is 1. The Bertz CT molecular complexity index is 1060. The number of hydrogen-bond donors (Lipinski definition) is 1. The summed E-state index contributed by atoms with van der Waals surface area (Å²) in [5.41, 5.74) is 2.80. The molecule has 0 heterocycles. The second-order valence-electron chi connectivity index (χ2n) is 8.68. The van der Waals surface area contributed by atoms with Gasteiger partial charge in [-0.3, -0.25) is 9.59 Å². The van der Waals surface area contributed by atoms with Gasteiger partial charge < -0.3 is 15.0 Å². The van der Waals surface area contributed by atoms with Gasteiger partial charge in [0.2, 0.25) is 11.8 Å². The molecule has 190 valence electrons. The molecule has 3 aromatic rings. The minimum absolute atomic E-state index is 0.117. The van der Waals surface area contributed by atoms with Crippen LogP contribution in [0.15, 0.2) is 84.9 Å². The van der Waals surface area contributed by atoms with Crippen molar-refractivity contribution in [3.05, 3.63) is 107 Å². The summed E-state index contributed by atoms with van der Waals surface area (Å²) in [7, 11) is 0. The van der Waals surface area contributed by atoms with E-state index in [1.807, 2.05) is 67.6 Å². The van der Waals surface area contributed by atoms with E-state index in [1.54, 1.807) is 17.0 Å². The summed E-state index contributed by atoms with van der Waals surface area (Å²) in [6.07, 6.45) is 1.93. The van der Waals surface area contributed by atoms with Gasteiger partial charge in [-0.05, 0) is 48.6 Å². The summed E-state index contributed by atoms with van der Waals surface area (Å²) in [5.74, 6) is -0.660. The van der Waals surface area contributed by atoms with Crippen molar-refractivity contribution >= 4 is 11.8 Å².